The molecular formula is C7H13NOS. The summed E-state index contributed by atoms with van der Waals surface area (Å²) in [5.74, 6) is 0. The van der Waals surface area contributed by atoms with Gasteiger partial charge in [-0.15, -0.1) is 0 Å². The Morgan fingerprint density at radius 2 is 2.30 bits per heavy atom. The summed E-state index contributed by atoms with van der Waals surface area (Å²) >= 11 is 4.78. The van der Waals surface area contributed by atoms with Crippen LogP contribution in [0.4, 0.5) is 0 Å². The van der Waals surface area contributed by atoms with Gasteiger partial charge in [-0.3, -0.25) is 0 Å². The third-order valence-corrected chi connectivity index (χ3v) is 1.26. The Hall–Kier alpha value is -0.570. The van der Waals surface area contributed by atoms with E-state index >= 15 is 0 Å². The first-order valence-electron chi connectivity index (χ1n) is 3.22. The fourth-order valence-electron chi connectivity index (χ4n) is 0.538. The standard InChI is InChI=1S/C7H13NOS/c1-4-5-6(2)9-7(10)8-3/h4-6H,1-3H3,(H,8,10)/b5-4+. The first kappa shape index (κ1) is 9.43. The van der Waals surface area contributed by atoms with E-state index in [1.54, 1.807) is 7.05 Å². The average molecular weight is 159 g/mol. The maximum absolute atomic E-state index is 5.17. The van der Waals surface area contributed by atoms with Crippen LogP contribution in [0.3, 0.4) is 0 Å². The molecule has 3 heteroatoms. The second kappa shape index (κ2) is 5.23. The van der Waals surface area contributed by atoms with Crippen molar-refractivity contribution < 1.29 is 4.74 Å². The summed E-state index contributed by atoms with van der Waals surface area (Å²) < 4.78 is 5.17. The van der Waals surface area contributed by atoms with Crippen molar-refractivity contribution in [3.05, 3.63) is 12.2 Å². The Kier molecular flexibility index (Phi) is 4.94. The molecule has 1 atom stereocenters. The van der Waals surface area contributed by atoms with Crippen LogP contribution in [0.25, 0.3) is 0 Å². The molecule has 1 unspecified atom stereocenters. The van der Waals surface area contributed by atoms with Crippen molar-refractivity contribution in [1.82, 2.24) is 5.32 Å². The van der Waals surface area contributed by atoms with E-state index in [9.17, 15) is 0 Å². The van der Waals surface area contributed by atoms with Crippen LogP contribution in [0.5, 0.6) is 0 Å². The number of allylic oxidation sites excluding steroid dienone is 1. The molecule has 10 heavy (non-hydrogen) atoms. The van der Waals surface area contributed by atoms with Crippen LogP contribution < -0.4 is 5.32 Å². The zero-order valence-electron chi connectivity index (χ0n) is 6.55. The van der Waals surface area contributed by atoms with Crippen LogP contribution in [-0.4, -0.2) is 18.3 Å². The highest BCUT2D eigenvalue weighted by molar-refractivity contribution is 7.80. The van der Waals surface area contributed by atoms with E-state index in [-0.39, 0.29) is 6.10 Å². The van der Waals surface area contributed by atoms with Gasteiger partial charge < -0.3 is 10.1 Å². The lowest BCUT2D eigenvalue weighted by Gasteiger charge is -2.09. The van der Waals surface area contributed by atoms with Crippen molar-refractivity contribution in [2.75, 3.05) is 7.05 Å². The van der Waals surface area contributed by atoms with Gasteiger partial charge in [0.2, 0.25) is 0 Å². The topological polar surface area (TPSA) is 21.3 Å². The van der Waals surface area contributed by atoms with Crippen molar-refractivity contribution in [3.63, 3.8) is 0 Å². The Morgan fingerprint density at radius 1 is 1.70 bits per heavy atom. The lowest BCUT2D eigenvalue weighted by atomic mass is 10.4. The van der Waals surface area contributed by atoms with Crippen molar-refractivity contribution in [2.24, 2.45) is 0 Å². The smallest absolute Gasteiger partial charge is 0.256 e. The number of ether oxygens (including phenoxy) is 1. The van der Waals surface area contributed by atoms with Gasteiger partial charge in [-0.1, -0.05) is 6.08 Å². The summed E-state index contributed by atoms with van der Waals surface area (Å²) in [7, 11) is 1.74. The van der Waals surface area contributed by atoms with E-state index in [0.29, 0.717) is 5.17 Å². The second-order valence-corrected chi connectivity index (χ2v) is 2.26. The van der Waals surface area contributed by atoms with Gasteiger partial charge in [-0.25, -0.2) is 0 Å². The highest BCUT2D eigenvalue weighted by Gasteiger charge is 1.97. The van der Waals surface area contributed by atoms with Crippen LogP contribution in [0.1, 0.15) is 13.8 Å². The highest BCUT2D eigenvalue weighted by atomic mass is 32.1. The zero-order chi connectivity index (χ0) is 7.98. The van der Waals surface area contributed by atoms with Crippen LogP contribution in [0.2, 0.25) is 0 Å². The SMILES string of the molecule is C/C=C/C(C)OC(=S)NC. The maximum Gasteiger partial charge on any atom is 0.256 e. The lowest BCUT2D eigenvalue weighted by molar-refractivity contribution is 0.253. The minimum Gasteiger partial charge on any atom is -0.464 e. The fourth-order valence-corrected chi connectivity index (χ4v) is 0.690. The lowest BCUT2D eigenvalue weighted by Crippen LogP contribution is -2.22. The molecule has 0 heterocycles. The Morgan fingerprint density at radius 3 is 2.70 bits per heavy atom. The molecule has 2 nitrogen and oxygen atoms in total. The number of hydrogen-bond donors (Lipinski definition) is 1. The molecule has 0 aliphatic rings. The van der Waals surface area contributed by atoms with Gasteiger partial charge in [0.05, 0.1) is 0 Å². The number of hydrogen-bond acceptors (Lipinski definition) is 2. The normalized spacial score (nSPS) is 13.1. The third kappa shape index (κ3) is 4.32. The first-order chi connectivity index (χ1) is 4.70. The van der Waals surface area contributed by atoms with Gasteiger partial charge >= 0.3 is 0 Å². The van der Waals surface area contributed by atoms with Crippen molar-refractivity contribution in [3.8, 4) is 0 Å². The Balaban J connectivity index is 3.57. The summed E-state index contributed by atoms with van der Waals surface area (Å²) in [6.07, 6.45) is 3.93. The minimum atomic E-state index is 0.0601. The Bertz CT molecular complexity index is 134. The summed E-state index contributed by atoms with van der Waals surface area (Å²) in [4.78, 5) is 0. The van der Waals surface area contributed by atoms with Crippen LogP contribution in [-0.2, 0) is 4.74 Å². The molecule has 0 spiro atoms. The van der Waals surface area contributed by atoms with Crippen molar-refractivity contribution >= 4 is 17.4 Å². The van der Waals surface area contributed by atoms with Gasteiger partial charge in [-0.2, -0.15) is 0 Å². The van der Waals surface area contributed by atoms with Crippen LogP contribution in [0, 0.1) is 0 Å². The van der Waals surface area contributed by atoms with Gasteiger partial charge in [-0.05, 0) is 32.1 Å². The van der Waals surface area contributed by atoms with Crippen LogP contribution in [0.15, 0.2) is 12.2 Å². The van der Waals surface area contributed by atoms with E-state index in [0.717, 1.165) is 0 Å². The summed E-state index contributed by atoms with van der Waals surface area (Å²) in [6, 6.07) is 0. The predicted octanol–water partition coefficient (Wildman–Crippen LogP) is 1.47. The number of thiocarbonyl (C=S) groups is 1. The molecule has 0 saturated heterocycles. The van der Waals surface area contributed by atoms with Gasteiger partial charge in [0.1, 0.15) is 6.10 Å². The molecule has 0 fully saturated rings. The van der Waals surface area contributed by atoms with E-state index in [1.807, 2.05) is 26.0 Å². The molecule has 0 amide bonds. The van der Waals surface area contributed by atoms with Gasteiger partial charge in [0, 0.05) is 7.05 Å². The summed E-state index contributed by atoms with van der Waals surface area (Å²) in [5, 5.41) is 3.17. The third-order valence-electron chi connectivity index (χ3n) is 0.961. The molecule has 0 aromatic heterocycles. The molecule has 0 radical (unpaired) electrons. The zero-order valence-corrected chi connectivity index (χ0v) is 7.37. The molecular weight excluding hydrogens is 146 g/mol. The van der Waals surface area contributed by atoms with E-state index < -0.39 is 0 Å². The van der Waals surface area contributed by atoms with E-state index in [4.69, 9.17) is 17.0 Å². The van der Waals surface area contributed by atoms with Crippen molar-refractivity contribution in [2.45, 2.75) is 20.0 Å². The molecule has 0 bridgehead atoms. The molecule has 58 valence electrons. The monoisotopic (exact) mass is 159 g/mol. The highest BCUT2D eigenvalue weighted by Crippen LogP contribution is 1.92. The van der Waals surface area contributed by atoms with E-state index in [2.05, 4.69) is 5.32 Å². The second-order valence-electron chi connectivity index (χ2n) is 1.89. The Labute approximate surface area is 67.3 Å². The first-order valence-corrected chi connectivity index (χ1v) is 3.62. The van der Waals surface area contributed by atoms with Gasteiger partial charge in [0.15, 0.2) is 0 Å². The molecule has 0 saturated carbocycles. The van der Waals surface area contributed by atoms with Crippen molar-refractivity contribution in [1.29, 1.82) is 0 Å². The van der Waals surface area contributed by atoms with Crippen LogP contribution >= 0.6 is 12.2 Å². The molecule has 0 aliphatic carbocycles. The predicted molar refractivity (Wildman–Crippen MR) is 47.0 cm³/mol. The quantitative estimate of drug-likeness (QED) is 0.487. The summed E-state index contributed by atoms with van der Waals surface area (Å²) in [5.41, 5.74) is 0. The molecule has 1 N–H and O–H groups in total. The van der Waals surface area contributed by atoms with Gasteiger partial charge in [0.25, 0.3) is 5.17 Å². The summed E-state index contributed by atoms with van der Waals surface area (Å²) in [6.45, 7) is 3.88. The molecule has 0 aromatic carbocycles. The number of rotatable bonds is 2. The molecule has 0 aromatic rings. The molecule has 0 rings (SSSR count). The number of nitrogens with one attached hydrogen (secondary N) is 1. The molecule has 0 aliphatic heterocycles. The largest absolute Gasteiger partial charge is 0.464 e. The minimum absolute atomic E-state index is 0.0601. The van der Waals surface area contributed by atoms with E-state index in [1.165, 1.54) is 0 Å². The average Bonchev–Trinajstić information content (AvgIpc) is 1.88. The fraction of sp³-hybridized carbons (Fsp3) is 0.571. The maximum atomic E-state index is 5.17.